The van der Waals surface area contributed by atoms with E-state index in [1.807, 2.05) is 13.0 Å². The summed E-state index contributed by atoms with van der Waals surface area (Å²) in [4.78, 5) is 0. The fourth-order valence-corrected chi connectivity index (χ4v) is 1.91. The Morgan fingerprint density at radius 2 is 2.40 bits per heavy atom. The smallest absolute Gasteiger partial charge is 0.149 e. The van der Waals surface area contributed by atoms with E-state index < -0.39 is 0 Å². The third kappa shape index (κ3) is 2.14. The molecule has 0 amide bonds. The Morgan fingerprint density at radius 3 is 3.20 bits per heavy atom. The first-order valence-electron chi connectivity index (χ1n) is 5.22. The van der Waals surface area contributed by atoms with Crippen molar-refractivity contribution in [2.45, 2.75) is 25.8 Å². The normalized spacial score (nSPS) is 17.9. The van der Waals surface area contributed by atoms with E-state index in [-0.39, 0.29) is 6.04 Å². The minimum atomic E-state index is 0.212. The zero-order chi connectivity index (χ0) is 10.7. The molecule has 1 aromatic carbocycles. The molecular formula is C13H15NO. The van der Waals surface area contributed by atoms with Gasteiger partial charge in [-0.15, -0.1) is 5.92 Å². The largest absolute Gasteiger partial charge is 0.481 e. The quantitative estimate of drug-likeness (QED) is 0.743. The average Bonchev–Trinajstić information content (AvgIpc) is 2.61. The summed E-state index contributed by atoms with van der Waals surface area (Å²) in [5, 5.41) is 0. The lowest BCUT2D eigenvalue weighted by Crippen LogP contribution is -2.05. The number of hydrogen-bond acceptors (Lipinski definition) is 2. The van der Waals surface area contributed by atoms with Crippen molar-refractivity contribution in [1.82, 2.24) is 0 Å². The van der Waals surface area contributed by atoms with Crippen molar-refractivity contribution < 1.29 is 4.74 Å². The van der Waals surface area contributed by atoms with Crippen molar-refractivity contribution in [3.8, 4) is 17.6 Å². The minimum Gasteiger partial charge on any atom is -0.481 e. The van der Waals surface area contributed by atoms with Crippen LogP contribution in [-0.2, 0) is 6.42 Å². The van der Waals surface area contributed by atoms with E-state index in [2.05, 4.69) is 24.0 Å². The Balaban J connectivity index is 2.11. The molecule has 78 valence electrons. The molecule has 1 aromatic rings. The second-order valence-electron chi connectivity index (χ2n) is 3.72. The van der Waals surface area contributed by atoms with E-state index in [0.29, 0.717) is 6.61 Å². The number of rotatable bonds is 2. The molecule has 0 bridgehead atoms. The summed E-state index contributed by atoms with van der Waals surface area (Å²) in [6.07, 6.45) is 2.11. The van der Waals surface area contributed by atoms with Gasteiger partial charge in [0.05, 0.1) is 0 Å². The first kappa shape index (κ1) is 10.1. The first-order chi connectivity index (χ1) is 7.31. The molecule has 0 aromatic heterocycles. The van der Waals surface area contributed by atoms with Crippen LogP contribution in [-0.4, -0.2) is 6.61 Å². The molecule has 2 N–H and O–H groups in total. The molecular weight excluding hydrogens is 186 g/mol. The molecule has 0 spiro atoms. The fourth-order valence-electron chi connectivity index (χ4n) is 1.91. The van der Waals surface area contributed by atoms with Crippen molar-refractivity contribution >= 4 is 0 Å². The predicted octanol–water partition coefficient (Wildman–Crippen LogP) is 2.03. The van der Waals surface area contributed by atoms with Gasteiger partial charge in [0.1, 0.15) is 12.4 Å². The second kappa shape index (κ2) is 4.37. The van der Waals surface area contributed by atoms with Crippen LogP contribution >= 0.6 is 0 Å². The van der Waals surface area contributed by atoms with Crippen LogP contribution in [0, 0.1) is 11.8 Å². The van der Waals surface area contributed by atoms with Gasteiger partial charge in [0.25, 0.3) is 0 Å². The lowest BCUT2D eigenvalue weighted by atomic mass is 10.1. The van der Waals surface area contributed by atoms with Gasteiger partial charge < -0.3 is 10.5 Å². The van der Waals surface area contributed by atoms with Gasteiger partial charge in [0.2, 0.25) is 0 Å². The third-order valence-electron chi connectivity index (χ3n) is 2.73. The summed E-state index contributed by atoms with van der Waals surface area (Å²) in [6.45, 7) is 2.27. The molecule has 2 rings (SSSR count). The molecule has 1 aliphatic rings. The number of nitrogens with two attached hydrogens (primary N) is 1. The number of ether oxygens (including phenoxy) is 1. The monoisotopic (exact) mass is 201 g/mol. The average molecular weight is 201 g/mol. The third-order valence-corrected chi connectivity index (χ3v) is 2.73. The minimum absolute atomic E-state index is 0.212. The molecule has 0 unspecified atom stereocenters. The van der Waals surface area contributed by atoms with Gasteiger partial charge in [-0.2, -0.15) is 0 Å². The summed E-state index contributed by atoms with van der Waals surface area (Å²) in [5.41, 5.74) is 8.55. The molecule has 0 saturated carbocycles. The van der Waals surface area contributed by atoms with Crippen LogP contribution in [0.2, 0.25) is 0 Å². The molecule has 2 heteroatoms. The van der Waals surface area contributed by atoms with E-state index >= 15 is 0 Å². The molecule has 0 heterocycles. The van der Waals surface area contributed by atoms with E-state index in [1.54, 1.807) is 0 Å². The Hall–Kier alpha value is -1.46. The van der Waals surface area contributed by atoms with Gasteiger partial charge in [-0.05, 0) is 43.0 Å². The highest BCUT2D eigenvalue weighted by Gasteiger charge is 2.18. The van der Waals surface area contributed by atoms with Crippen LogP contribution in [0.15, 0.2) is 18.2 Å². The van der Waals surface area contributed by atoms with Crippen LogP contribution in [0.3, 0.4) is 0 Å². The van der Waals surface area contributed by atoms with Crippen molar-refractivity contribution in [1.29, 1.82) is 0 Å². The summed E-state index contributed by atoms with van der Waals surface area (Å²) in [5.74, 6) is 6.57. The second-order valence-corrected chi connectivity index (χ2v) is 3.72. The summed E-state index contributed by atoms with van der Waals surface area (Å²) < 4.78 is 5.49. The van der Waals surface area contributed by atoms with Crippen molar-refractivity contribution in [3.63, 3.8) is 0 Å². The Bertz CT molecular complexity index is 414. The van der Waals surface area contributed by atoms with Crippen LogP contribution in [0.25, 0.3) is 0 Å². The number of aryl methyl sites for hydroxylation is 1. The summed E-state index contributed by atoms with van der Waals surface area (Å²) in [7, 11) is 0. The molecule has 0 saturated heterocycles. The van der Waals surface area contributed by atoms with E-state index in [9.17, 15) is 0 Å². The maximum absolute atomic E-state index is 5.95. The Labute approximate surface area is 90.4 Å². The van der Waals surface area contributed by atoms with E-state index in [1.165, 1.54) is 11.1 Å². The van der Waals surface area contributed by atoms with Crippen molar-refractivity contribution in [3.05, 3.63) is 29.3 Å². The van der Waals surface area contributed by atoms with Gasteiger partial charge in [-0.3, -0.25) is 0 Å². The number of benzene rings is 1. The molecule has 0 fully saturated rings. The molecule has 15 heavy (non-hydrogen) atoms. The maximum Gasteiger partial charge on any atom is 0.149 e. The van der Waals surface area contributed by atoms with Crippen LogP contribution in [0.4, 0.5) is 0 Å². The molecule has 0 aliphatic heterocycles. The lowest BCUT2D eigenvalue weighted by Gasteiger charge is -2.07. The van der Waals surface area contributed by atoms with Crippen LogP contribution in [0.1, 0.15) is 30.5 Å². The lowest BCUT2D eigenvalue weighted by molar-refractivity contribution is 0.370. The maximum atomic E-state index is 5.95. The topological polar surface area (TPSA) is 35.2 Å². The highest BCUT2D eigenvalue weighted by Crippen LogP contribution is 2.31. The molecule has 2 nitrogen and oxygen atoms in total. The van der Waals surface area contributed by atoms with Gasteiger partial charge >= 0.3 is 0 Å². The predicted molar refractivity (Wildman–Crippen MR) is 60.6 cm³/mol. The van der Waals surface area contributed by atoms with Gasteiger partial charge in [0.15, 0.2) is 0 Å². The van der Waals surface area contributed by atoms with Gasteiger partial charge in [-0.25, -0.2) is 0 Å². The fraction of sp³-hybridized carbons (Fsp3) is 0.385. The highest BCUT2D eigenvalue weighted by molar-refractivity contribution is 5.40. The van der Waals surface area contributed by atoms with E-state index in [0.717, 1.165) is 18.6 Å². The van der Waals surface area contributed by atoms with E-state index in [4.69, 9.17) is 10.5 Å². The number of fused-ring (bicyclic) bond motifs is 1. The van der Waals surface area contributed by atoms with Crippen LogP contribution in [0.5, 0.6) is 5.75 Å². The summed E-state index contributed by atoms with van der Waals surface area (Å²) in [6, 6.07) is 6.34. The Kier molecular flexibility index (Phi) is 2.94. The molecule has 1 aliphatic carbocycles. The zero-order valence-electron chi connectivity index (χ0n) is 8.92. The first-order valence-corrected chi connectivity index (χ1v) is 5.22. The standard InChI is InChI=1S/C13H15NO/c1-2-3-8-15-11-5-6-12-10(9-11)4-7-13(12)14/h5-6,9,13H,4,7-8,14H2,1H3/t13-/m0/s1. The van der Waals surface area contributed by atoms with Crippen molar-refractivity contribution in [2.24, 2.45) is 5.73 Å². The highest BCUT2D eigenvalue weighted by atomic mass is 16.5. The SMILES string of the molecule is CC#CCOc1ccc2c(c1)CC[C@@H]2N. The van der Waals surface area contributed by atoms with Gasteiger partial charge in [0, 0.05) is 6.04 Å². The van der Waals surface area contributed by atoms with Gasteiger partial charge in [-0.1, -0.05) is 12.0 Å². The molecule has 0 radical (unpaired) electrons. The molecule has 1 atom stereocenters. The summed E-state index contributed by atoms with van der Waals surface area (Å²) >= 11 is 0. The van der Waals surface area contributed by atoms with Crippen molar-refractivity contribution in [2.75, 3.05) is 6.61 Å². The van der Waals surface area contributed by atoms with Crippen LogP contribution < -0.4 is 10.5 Å². The Morgan fingerprint density at radius 1 is 1.53 bits per heavy atom. The zero-order valence-corrected chi connectivity index (χ0v) is 8.92. The number of hydrogen-bond donors (Lipinski definition) is 1.